The molecular weight excluding hydrogens is 317 g/mol. The molecule has 3 rings (SSSR count). The maximum absolute atomic E-state index is 6.33. The summed E-state index contributed by atoms with van der Waals surface area (Å²) in [5.74, 6) is 1.48. The van der Waals surface area contributed by atoms with Crippen molar-refractivity contribution in [1.29, 1.82) is 0 Å². The summed E-state index contributed by atoms with van der Waals surface area (Å²) in [5, 5.41) is 4.69. The highest BCUT2D eigenvalue weighted by molar-refractivity contribution is 6.36. The third-order valence-electron chi connectivity index (χ3n) is 4.16. The maximum atomic E-state index is 6.33. The van der Waals surface area contributed by atoms with E-state index in [2.05, 4.69) is 17.2 Å². The zero-order chi connectivity index (χ0) is 15.7. The molecule has 2 aromatic rings. The molecule has 3 nitrogen and oxygen atoms in total. The van der Waals surface area contributed by atoms with Gasteiger partial charge in [0.1, 0.15) is 5.82 Å². The van der Waals surface area contributed by atoms with E-state index in [-0.39, 0.29) is 0 Å². The van der Waals surface area contributed by atoms with Gasteiger partial charge in [0.25, 0.3) is 0 Å². The van der Waals surface area contributed by atoms with Gasteiger partial charge in [-0.1, -0.05) is 36.2 Å². The zero-order valence-corrected chi connectivity index (χ0v) is 14.0. The lowest BCUT2D eigenvalue weighted by atomic mass is 10.0. The van der Waals surface area contributed by atoms with E-state index in [4.69, 9.17) is 28.9 Å². The second kappa shape index (κ2) is 6.35. The third kappa shape index (κ3) is 3.16. The fourth-order valence-electron chi connectivity index (χ4n) is 2.76. The lowest BCUT2D eigenvalue weighted by Gasteiger charge is -2.19. The average molecular weight is 336 g/mol. The van der Waals surface area contributed by atoms with E-state index < -0.39 is 0 Å². The van der Waals surface area contributed by atoms with Crippen molar-refractivity contribution in [3.05, 3.63) is 40.5 Å². The number of pyridine rings is 1. The monoisotopic (exact) mass is 335 g/mol. The molecule has 1 aromatic carbocycles. The topological polar surface area (TPSA) is 50.9 Å². The van der Waals surface area contributed by atoms with Crippen LogP contribution < -0.4 is 11.1 Å². The van der Waals surface area contributed by atoms with Crippen molar-refractivity contribution < 1.29 is 0 Å². The van der Waals surface area contributed by atoms with Gasteiger partial charge in [-0.05, 0) is 43.4 Å². The Morgan fingerprint density at radius 2 is 2.05 bits per heavy atom. The van der Waals surface area contributed by atoms with Gasteiger partial charge in [0.05, 0.1) is 5.69 Å². The molecule has 1 unspecified atom stereocenters. The number of nitrogens with two attached hydrogens (primary N) is 1. The van der Waals surface area contributed by atoms with E-state index in [1.807, 2.05) is 18.2 Å². The van der Waals surface area contributed by atoms with Gasteiger partial charge in [0, 0.05) is 33.4 Å². The third-order valence-corrected chi connectivity index (χ3v) is 4.71. The van der Waals surface area contributed by atoms with Crippen molar-refractivity contribution in [1.82, 2.24) is 4.98 Å². The molecule has 0 amide bonds. The minimum absolute atomic E-state index is 0.436. The second-order valence-electron chi connectivity index (χ2n) is 5.74. The van der Waals surface area contributed by atoms with Crippen LogP contribution in [0.3, 0.4) is 0 Å². The highest BCUT2D eigenvalue weighted by Gasteiger charge is 2.30. The summed E-state index contributed by atoms with van der Waals surface area (Å²) in [6, 6.07) is 7.75. The number of rotatable bonds is 5. The van der Waals surface area contributed by atoms with Crippen molar-refractivity contribution in [2.45, 2.75) is 32.2 Å². The number of nitrogens with zero attached hydrogens (tertiary/aromatic N) is 1. The van der Waals surface area contributed by atoms with E-state index in [1.165, 1.54) is 12.8 Å². The van der Waals surface area contributed by atoms with Crippen molar-refractivity contribution in [3.8, 4) is 11.1 Å². The van der Waals surface area contributed by atoms with Gasteiger partial charge < -0.3 is 11.1 Å². The van der Waals surface area contributed by atoms with Crippen LogP contribution in [-0.2, 0) is 0 Å². The fourth-order valence-corrected chi connectivity index (χ4v) is 3.27. The molecule has 1 saturated carbocycles. The molecular formula is C17H19Cl2N3. The quantitative estimate of drug-likeness (QED) is 0.785. The van der Waals surface area contributed by atoms with Gasteiger partial charge in [-0.25, -0.2) is 4.98 Å². The molecule has 0 radical (unpaired) electrons. The number of hydrogen-bond acceptors (Lipinski definition) is 3. The van der Waals surface area contributed by atoms with Gasteiger partial charge in [-0.3, -0.25) is 0 Å². The summed E-state index contributed by atoms with van der Waals surface area (Å²) in [6.07, 6.45) is 5.40. The summed E-state index contributed by atoms with van der Waals surface area (Å²) in [7, 11) is 0. The summed E-state index contributed by atoms with van der Waals surface area (Å²) in [6.45, 7) is 2.19. The molecule has 0 aliphatic heterocycles. The number of benzene rings is 1. The Labute approximate surface area is 140 Å². The zero-order valence-electron chi connectivity index (χ0n) is 12.4. The fraction of sp³-hybridized carbons (Fsp3) is 0.353. The molecule has 1 aliphatic rings. The Kier molecular flexibility index (Phi) is 4.46. The minimum Gasteiger partial charge on any atom is -0.395 e. The molecule has 1 aliphatic carbocycles. The average Bonchev–Trinajstić information content (AvgIpc) is 3.32. The van der Waals surface area contributed by atoms with Crippen LogP contribution in [0.2, 0.25) is 10.0 Å². The summed E-state index contributed by atoms with van der Waals surface area (Å²) >= 11 is 12.3. The number of nitrogen functional groups attached to an aromatic ring is 1. The van der Waals surface area contributed by atoms with Crippen LogP contribution in [0.1, 0.15) is 26.2 Å². The van der Waals surface area contributed by atoms with Crippen molar-refractivity contribution in [3.63, 3.8) is 0 Å². The first kappa shape index (κ1) is 15.4. The van der Waals surface area contributed by atoms with Gasteiger partial charge in [0.15, 0.2) is 0 Å². The van der Waals surface area contributed by atoms with Crippen LogP contribution in [0.4, 0.5) is 11.5 Å². The van der Waals surface area contributed by atoms with E-state index in [0.29, 0.717) is 21.8 Å². The highest BCUT2D eigenvalue weighted by atomic mass is 35.5. The number of aromatic nitrogens is 1. The van der Waals surface area contributed by atoms with Crippen LogP contribution in [0, 0.1) is 5.92 Å². The van der Waals surface area contributed by atoms with Gasteiger partial charge >= 0.3 is 0 Å². The number of hydrogen-bond donors (Lipinski definition) is 2. The van der Waals surface area contributed by atoms with E-state index in [0.717, 1.165) is 29.3 Å². The Morgan fingerprint density at radius 3 is 2.68 bits per heavy atom. The smallest absolute Gasteiger partial charge is 0.150 e. The molecule has 5 heteroatoms. The predicted molar refractivity (Wildman–Crippen MR) is 94.5 cm³/mol. The molecule has 22 heavy (non-hydrogen) atoms. The largest absolute Gasteiger partial charge is 0.395 e. The molecule has 1 heterocycles. The Bertz CT molecular complexity index is 684. The van der Waals surface area contributed by atoms with E-state index in [1.54, 1.807) is 12.3 Å². The SMILES string of the molecule is CCC(Nc1nccc(-c2ccc(Cl)cc2Cl)c1N)C1CC1. The molecule has 1 atom stereocenters. The first-order valence-electron chi connectivity index (χ1n) is 7.56. The van der Waals surface area contributed by atoms with Crippen molar-refractivity contribution in [2.24, 2.45) is 5.92 Å². The normalized spacial score (nSPS) is 15.6. The Balaban J connectivity index is 1.94. The van der Waals surface area contributed by atoms with Gasteiger partial charge in [0.2, 0.25) is 0 Å². The van der Waals surface area contributed by atoms with Crippen LogP contribution in [0.5, 0.6) is 0 Å². The standard InChI is InChI=1S/C17H19Cl2N3/c1-2-15(10-3-4-10)22-17-16(20)13(7-8-21-17)12-6-5-11(18)9-14(12)19/h5-10,15H,2-4,20H2,1H3,(H,21,22). The summed E-state index contributed by atoms with van der Waals surface area (Å²) < 4.78 is 0. The Hall–Kier alpha value is -1.45. The molecule has 1 aromatic heterocycles. The summed E-state index contributed by atoms with van der Waals surface area (Å²) in [4.78, 5) is 4.40. The number of nitrogens with one attached hydrogen (secondary N) is 1. The number of halogens is 2. The van der Waals surface area contributed by atoms with Crippen LogP contribution in [0.15, 0.2) is 30.5 Å². The first-order valence-corrected chi connectivity index (χ1v) is 8.32. The predicted octanol–water partition coefficient (Wildman–Crippen LogP) is 5.24. The Morgan fingerprint density at radius 1 is 1.27 bits per heavy atom. The van der Waals surface area contributed by atoms with E-state index in [9.17, 15) is 0 Å². The van der Waals surface area contributed by atoms with Gasteiger partial charge in [-0.15, -0.1) is 0 Å². The highest BCUT2D eigenvalue weighted by Crippen LogP contribution is 2.39. The van der Waals surface area contributed by atoms with Gasteiger partial charge in [-0.2, -0.15) is 0 Å². The first-order chi connectivity index (χ1) is 10.6. The molecule has 116 valence electrons. The molecule has 0 saturated heterocycles. The molecule has 1 fully saturated rings. The number of anilines is 2. The van der Waals surface area contributed by atoms with Crippen LogP contribution in [-0.4, -0.2) is 11.0 Å². The molecule has 0 spiro atoms. The minimum atomic E-state index is 0.436. The van der Waals surface area contributed by atoms with Crippen LogP contribution in [0.25, 0.3) is 11.1 Å². The van der Waals surface area contributed by atoms with E-state index >= 15 is 0 Å². The lowest BCUT2D eigenvalue weighted by Crippen LogP contribution is -2.22. The van der Waals surface area contributed by atoms with Crippen molar-refractivity contribution in [2.75, 3.05) is 11.1 Å². The molecule has 0 bridgehead atoms. The second-order valence-corrected chi connectivity index (χ2v) is 6.59. The van der Waals surface area contributed by atoms with Crippen LogP contribution >= 0.6 is 23.2 Å². The van der Waals surface area contributed by atoms with Crippen molar-refractivity contribution >= 4 is 34.7 Å². The maximum Gasteiger partial charge on any atom is 0.150 e. The lowest BCUT2D eigenvalue weighted by molar-refractivity contribution is 0.614. The summed E-state index contributed by atoms with van der Waals surface area (Å²) in [5.41, 5.74) is 8.71. The molecule has 3 N–H and O–H groups in total.